The predicted octanol–water partition coefficient (Wildman–Crippen LogP) is 4.35. The van der Waals surface area contributed by atoms with E-state index in [0.717, 1.165) is 53.7 Å². The van der Waals surface area contributed by atoms with Crippen LogP contribution in [-0.4, -0.2) is 42.9 Å². The molecule has 1 aliphatic carbocycles. The molecular weight excluding hydrogens is 418 g/mol. The third-order valence-corrected chi connectivity index (χ3v) is 6.42. The van der Waals surface area contributed by atoms with Crippen LogP contribution in [0.5, 0.6) is 11.5 Å². The fourth-order valence-electron chi connectivity index (χ4n) is 4.80. The lowest BCUT2D eigenvalue weighted by atomic mass is 9.91. The fraction of sp³-hybridized carbons (Fsp3) is 0.346. The Morgan fingerprint density at radius 3 is 2.94 bits per heavy atom. The van der Waals surface area contributed by atoms with Crippen molar-refractivity contribution < 1.29 is 19.0 Å². The van der Waals surface area contributed by atoms with Crippen LogP contribution in [0.4, 0.5) is 0 Å². The molecule has 1 aliphatic rings. The Hall–Kier alpha value is -3.45. The number of amides is 1. The van der Waals surface area contributed by atoms with Crippen LogP contribution >= 0.6 is 0 Å². The SMILES string of the molecule is COCCn1ccc2c(OCC(=O)NC3CCCc4c3[nH]c3ccc(OC)cc43)cccc21. The quantitative estimate of drug-likeness (QED) is 0.421. The van der Waals surface area contributed by atoms with Crippen molar-refractivity contribution in [2.75, 3.05) is 27.4 Å². The summed E-state index contributed by atoms with van der Waals surface area (Å²) < 4.78 is 18.6. The van der Waals surface area contributed by atoms with E-state index in [1.807, 2.05) is 42.6 Å². The summed E-state index contributed by atoms with van der Waals surface area (Å²) in [7, 11) is 3.37. The first kappa shape index (κ1) is 21.4. The lowest BCUT2D eigenvalue weighted by Crippen LogP contribution is -2.34. The number of carbonyl (C=O) groups is 1. The molecule has 0 saturated carbocycles. The van der Waals surface area contributed by atoms with Crippen molar-refractivity contribution in [3.05, 3.63) is 59.9 Å². The Bertz CT molecular complexity index is 1290. The second-order valence-electron chi connectivity index (χ2n) is 8.42. The molecule has 0 spiro atoms. The van der Waals surface area contributed by atoms with Gasteiger partial charge >= 0.3 is 0 Å². The molecule has 1 atom stereocenters. The minimum Gasteiger partial charge on any atom is -0.497 e. The van der Waals surface area contributed by atoms with Gasteiger partial charge in [-0.2, -0.15) is 0 Å². The van der Waals surface area contributed by atoms with Crippen molar-refractivity contribution in [2.24, 2.45) is 0 Å². The number of H-pyrrole nitrogens is 1. The summed E-state index contributed by atoms with van der Waals surface area (Å²) in [5, 5.41) is 5.33. The number of nitrogens with one attached hydrogen (secondary N) is 2. The molecule has 2 aromatic heterocycles. The molecule has 1 unspecified atom stereocenters. The molecule has 0 bridgehead atoms. The standard InChI is InChI=1S/C26H29N3O4/c1-31-14-13-29-12-11-19-23(29)7-4-8-24(19)33-16-25(30)27-22-6-3-5-18-20-15-17(32-2)9-10-21(20)28-26(18)22/h4,7-12,15,22,28H,3,5-6,13-14,16H2,1-2H3,(H,27,30). The van der Waals surface area contributed by atoms with Crippen molar-refractivity contribution in [2.45, 2.75) is 31.8 Å². The van der Waals surface area contributed by atoms with E-state index in [9.17, 15) is 4.79 Å². The van der Waals surface area contributed by atoms with Crippen LogP contribution in [0, 0.1) is 0 Å². The van der Waals surface area contributed by atoms with Crippen LogP contribution in [0.2, 0.25) is 0 Å². The van der Waals surface area contributed by atoms with Gasteiger partial charge in [0.15, 0.2) is 6.61 Å². The zero-order valence-corrected chi connectivity index (χ0v) is 19.0. The predicted molar refractivity (Wildman–Crippen MR) is 128 cm³/mol. The maximum Gasteiger partial charge on any atom is 0.258 e. The highest BCUT2D eigenvalue weighted by Gasteiger charge is 2.26. The second-order valence-corrected chi connectivity index (χ2v) is 8.42. The molecule has 33 heavy (non-hydrogen) atoms. The molecule has 5 rings (SSSR count). The van der Waals surface area contributed by atoms with E-state index in [1.165, 1.54) is 10.9 Å². The van der Waals surface area contributed by atoms with Gasteiger partial charge in [-0.3, -0.25) is 4.79 Å². The van der Waals surface area contributed by atoms with Crippen LogP contribution in [0.1, 0.15) is 30.1 Å². The van der Waals surface area contributed by atoms with Gasteiger partial charge in [-0.15, -0.1) is 0 Å². The summed E-state index contributed by atoms with van der Waals surface area (Å²) in [5.41, 5.74) is 4.50. The average Bonchev–Trinajstić information content (AvgIpc) is 3.43. The Labute approximate surface area is 192 Å². The first-order valence-corrected chi connectivity index (χ1v) is 11.4. The highest BCUT2D eigenvalue weighted by Crippen LogP contribution is 2.36. The molecule has 2 N–H and O–H groups in total. The van der Waals surface area contributed by atoms with E-state index < -0.39 is 0 Å². The second kappa shape index (κ2) is 9.19. The van der Waals surface area contributed by atoms with E-state index >= 15 is 0 Å². The largest absolute Gasteiger partial charge is 0.497 e. The number of fused-ring (bicyclic) bond motifs is 4. The molecular formula is C26H29N3O4. The Balaban J connectivity index is 1.28. The monoisotopic (exact) mass is 447 g/mol. The lowest BCUT2D eigenvalue weighted by Gasteiger charge is -2.24. The summed E-state index contributed by atoms with van der Waals surface area (Å²) in [4.78, 5) is 16.3. The molecule has 2 heterocycles. The number of aromatic amines is 1. The first-order valence-electron chi connectivity index (χ1n) is 11.4. The normalized spacial score (nSPS) is 15.5. The zero-order chi connectivity index (χ0) is 22.8. The molecule has 4 aromatic rings. The Morgan fingerprint density at radius 1 is 1.18 bits per heavy atom. The van der Waals surface area contributed by atoms with Crippen LogP contribution in [0.25, 0.3) is 21.8 Å². The molecule has 172 valence electrons. The minimum absolute atomic E-state index is 0.0255. The third kappa shape index (κ3) is 4.16. The number of carbonyl (C=O) groups excluding carboxylic acids is 1. The summed E-state index contributed by atoms with van der Waals surface area (Å²) in [5.74, 6) is 1.43. The molecule has 0 saturated heterocycles. The minimum atomic E-state index is -0.125. The Morgan fingerprint density at radius 2 is 2.09 bits per heavy atom. The van der Waals surface area contributed by atoms with Crippen LogP contribution in [0.3, 0.4) is 0 Å². The van der Waals surface area contributed by atoms with Crippen molar-refractivity contribution in [1.82, 2.24) is 14.9 Å². The van der Waals surface area contributed by atoms with E-state index in [-0.39, 0.29) is 18.6 Å². The van der Waals surface area contributed by atoms with Crippen LogP contribution in [0.15, 0.2) is 48.7 Å². The molecule has 0 aliphatic heterocycles. The number of benzene rings is 2. The van der Waals surface area contributed by atoms with Crippen molar-refractivity contribution in [1.29, 1.82) is 0 Å². The molecule has 0 fully saturated rings. The smallest absolute Gasteiger partial charge is 0.258 e. The van der Waals surface area contributed by atoms with Gasteiger partial charge in [-0.1, -0.05) is 6.07 Å². The van der Waals surface area contributed by atoms with Gasteiger partial charge in [0.05, 0.1) is 25.3 Å². The number of methoxy groups -OCH3 is 2. The lowest BCUT2D eigenvalue weighted by molar-refractivity contribution is -0.123. The van der Waals surface area contributed by atoms with E-state index in [2.05, 4.69) is 20.9 Å². The zero-order valence-electron chi connectivity index (χ0n) is 19.0. The molecule has 1 amide bonds. The van der Waals surface area contributed by atoms with Crippen molar-refractivity contribution >= 4 is 27.7 Å². The van der Waals surface area contributed by atoms with Gasteiger partial charge in [-0.25, -0.2) is 0 Å². The third-order valence-electron chi connectivity index (χ3n) is 6.42. The molecule has 7 nitrogen and oxygen atoms in total. The summed E-state index contributed by atoms with van der Waals surface area (Å²) in [6.07, 6.45) is 4.94. The highest BCUT2D eigenvalue weighted by molar-refractivity contribution is 5.88. The maximum absolute atomic E-state index is 12.8. The number of nitrogens with zero attached hydrogens (tertiary/aromatic N) is 1. The van der Waals surface area contributed by atoms with Gasteiger partial charge < -0.3 is 29.1 Å². The summed E-state index contributed by atoms with van der Waals surface area (Å²) >= 11 is 0. The summed E-state index contributed by atoms with van der Waals surface area (Å²) in [6, 6.07) is 13.9. The van der Waals surface area contributed by atoms with Crippen LogP contribution in [-0.2, 0) is 22.5 Å². The van der Waals surface area contributed by atoms with Gasteiger partial charge in [0.1, 0.15) is 11.5 Å². The molecule has 2 aromatic carbocycles. The number of rotatable bonds is 8. The van der Waals surface area contributed by atoms with Crippen molar-refractivity contribution in [3.63, 3.8) is 0 Å². The van der Waals surface area contributed by atoms with Gasteiger partial charge in [-0.05, 0) is 61.2 Å². The Kier molecular flexibility index (Phi) is 5.96. The number of hydrogen-bond acceptors (Lipinski definition) is 4. The van der Waals surface area contributed by atoms with E-state index in [1.54, 1.807) is 14.2 Å². The van der Waals surface area contributed by atoms with Crippen molar-refractivity contribution in [3.8, 4) is 11.5 Å². The topological polar surface area (TPSA) is 77.5 Å². The highest BCUT2D eigenvalue weighted by atomic mass is 16.5. The fourth-order valence-corrected chi connectivity index (χ4v) is 4.80. The van der Waals surface area contributed by atoms with E-state index in [0.29, 0.717) is 12.4 Å². The molecule has 7 heteroatoms. The summed E-state index contributed by atoms with van der Waals surface area (Å²) in [6.45, 7) is 1.38. The number of aromatic nitrogens is 2. The average molecular weight is 448 g/mol. The number of hydrogen-bond donors (Lipinski definition) is 2. The van der Waals surface area contributed by atoms with E-state index in [4.69, 9.17) is 14.2 Å². The number of aryl methyl sites for hydroxylation is 1. The van der Waals surface area contributed by atoms with Crippen LogP contribution < -0.4 is 14.8 Å². The van der Waals surface area contributed by atoms with Gasteiger partial charge in [0.25, 0.3) is 5.91 Å². The van der Waals surface area contributed by atoms with Gasteiger partial charge in [0, 0.05) is 41.8 Å². The maximum atomic E-state index is 12.8. The molecule has 0 radical (unpaired) electrons. The van der Waals surface area contributed by atoms with Gasteiger partial charge in [0.2, 0.25) is 0 Å². The first-order chi connectivity index (χ1) is 16.2. The number of ether oxygens (including phenoxy) is 3.